The molecular weight excluding hydrogens is 739 g/mol. The molecule has 0 bridgehead atoms. The van der Waals surface area contributed by atoms with Crippen molar-refractivity contribution in [2.24, 2.45) is 0 Å². The molecule has 0 aliphatic carbocycles. The molecule has 3 nitrogen and oxygen atoms in total. The summed E-state index contributed by atoms with van der Waals surface area (Å²) >= 11 is 0. The number of para-hydroxylation sites is 2. The zero-order valence-electron chi connectivity index (χ0n) is 33.4. The van der Waals surface area contributed by atoms with Crippen LogP contribution in [0.1, 0.15) is 0 Å². The van der Waals surface area contributed by atoms with Gasteiger partial charge in [0.15, 0.2) is 5.82 Å². The summed E-state index contributed by atoms with van der Waals surface area (Å²) in [7, 11) is 0. The Morgan fingerprint density at radius 2 is 0.672 bits per heavy atom. The predicted octanol–water partition coefficient (Wildman–Crippen LogP) is 15.2. The second-order valence-corrected chi connectivity index (χ2v) is 15.4. The topological polar surface area (TPSA) is 30.7 Å². The third kappa shape index (κ3) is 6.88. The Morgan fingerprint density at radius 1 is 0.279 bits per heavy atom. The van der Waals surface area contributed by atoms with Crippen LogP contribution in [-0.2, 0) is 0 Å². The molecule has 2 aromatic heterocycles. The summed E-state index contributed by atoms with van der Waals surface area (Å²) in [5, 5.41) is 1.09. The summed E-state index contributed by atoms with van der Waals surface area (Å²) in [5.74, 6) is 0.689. The molecule has 0 atom stereocenters. The van der Waals surface area contributed by atoms with Gasteiger partial charge >= 0.3 is 0 Å². The number of rotatable bonds is 8. The van der Waals surface area contributed by atoms with Crippen LogP contribution in [0.4, 0.5) is 0 Å². The monoisotopic (exact) mass is 777 g/mol. The molecule has 9 aromatic carbocycles. The first-order valence-electron chi connectivity index (χ1n) is 20.7. The van der Waals surface area contributed by atoms with E-state index >= 15 is 0 Å². The molecule has 3 heteroatoms. The van der Waals surface area contributed by atoms with E-state index in [2.05, 4.69) is 241 Å². The van der Waals surface area contributed by atoms with Crippen LogP contribution in [0.25, 0.3) is 106 Å². The zero-order valence-corrected chi connectivity index (χ0v) is 33.4. The van der Waals surface area contributed by atoms with E-state index in [-0.39, 0.29) is 0 Å². The molecule has 0 spiro atoms. The van der Waals surface area contributed by atoms with Gasteiger partial charge < -0.3 is 4.57 Å². The van der Waals surface area contributed by atoms with Gasteiger partial charge in [-0.1, -0.05) is 188 Å². The highest BCUT2D eigenvalue weighted by atomic mass is 15.0. The minimum Gasteiger partial charge on any atom is -0.306 e. The van der Waals surface area contributed by atoms with Crippen LogP contribution in [0, 0.1) is 0 Å². The molecule has 0 amide bonds. The molecule has 11 rings (SSSR count). The van der Waals surface area contributed by atoms with Crippen molar-refractivity contribution in [3.8, 4) is 84.0 Å². The molecule has 0 aliphatic heterocycles. The van der Waals surface area contributed by atoms with E-state index in [1.165, 1.54) is 27.8 Å². The van der Waals surface area contributed by atoms with Crippen molar-refractivity contribution in [3.63, 3.8) is 0 Å². The Bertz CT molecular complexity index is 3320. The number of hydrogen-bond donors (Lipinski definition) is 0. The summed E-state index contributed by atoms with van der Waals surface area (Å²) in [5.41, 5.74) is 18.7. The van der Waals surface area contributed by atoms with Gasteiger partial charge in [-0.3, -0.25) is 0 Å². The van der Waals surface area contributed by atoms with Crippen molar-refractivity contribution in [1.29, 1.82) is 0 Å². The summed E-state index contributed by atoms with van der Waals surface area (Å²) in [6, 6.07) is 84.1. The lowest BCUT2D eigenvalue weighted by Gasteiger charge is -2.14. The van der Waals surface area contributed by atoms with Gasteiger partial charge in [0, 0.05) is 22.2 Å². The first-order chi connectivity index (χ1) is 30.2. The Hall–Kier alpha value is -8.14. The third-order valence-corrected chi connectivity index (χ3v) is 11.6. The van der Waals surface area contributed by atoms with Crippen LogP contribution in [0.2, 0.25) is 0 Å². The third-order valence-electron chi connectivity index (χ3n) is 11.6. The Kier molecular flexibility index (Phi) is 9.18. The molecule has 0 saturated carbocycles. The summed E-state index contributed by atoms with van der Waals surface area (Å²) in [4.78, 5) is 10.8. The van der Waals surface area contributed by atoms with Crippen LogP contribution in [0.5, 0.6) is 0 Å². The van der Waals surface area contributed by atoms with Crippen LogP contribution in [-0.4, -0.2) is 14.5 Å². The minimum absolute atomic E-state index is 0.689. The van der Waals surface area contributed by atoms with E-state index in [4.69, 9.17) is 9.97 Å². The predicted molar refractivity (Wildman–Crippen MR) is 254 cm³/mol. The average molecular weight is 778 g/mol. The van der Waals surface area contributed by atoms with Crippen LogP contribution < -0.4 is 0 Å². The van der Waals surface area contributed by atoms with Crippen molar-refractivity contribution in [3.05, 3.63) is 237 Å². The van der Waals surface area contributed by atoms with Crippen molar-refractivity contribution in [2.75, 3.05) is 0 Å². The van der Waals surface area contributed by atoms with E-state index < -0.39 is 0 Å². The maximum absolute atomic E-state index is 5.42. The first-order valence-corrected chi connectivity index (χ1v) is 20.7. The van der Waals surface area contributed by atoms with Crippen molar-refractivity contribution >= 4 is 21.9 Å². The molecule has 286 valence electrons. The maximum atomic E-state index is 5.42. The molecule has 2 heterocycles. The highest BCUT2D eigenvalue weighted by molar-refractivity contribution is 6.11. The fourth-order valence-corrected chi connectivity index (χ4v) is 8.58. The van der Waals surface area contributed by atoms with E-state index in [0.717, 1.165) is 72.3 Å². The van der Waals surface area contributed by atoms with Gasteiger partial charge in [-0.2, -0.15) is 0 Å². The van der Waals surface area contributed by atoms with E-state index in [1.807, 2.05) is 0 Å². The van der Waals surface area contributed by atoms with Crippen LogP contribution >= 0.6 is 0 Å². The van der Waals surface area contributed by atoms with Gasteiger partial charge in [0.05, 0.1) is 16.7 Å². The first kappa shape index (κ1) is 36.0. The molecule has 0 saturated heterocycles. The Labute approximate surface area is 355 Å². The minimum atomic E-state index is 0.689. The average Bonchev–Trinajstić information content (AvgIpc) is 3.69. The SMILES string of the molecule is c1ccc(-c2ccc(-c3cccc(-c4cc(-c5ccccc5)cc(-c5cccc(-c6nc(-c7ccccc7)c7c(n6)c6ccccc6n7-c6ccccc6)c5)c4)c3)cc2)cc1. The normalized spacial score (nSPS) is 11.3. The van der Waals surface area contributed by atoms with Gasteiger partial charge in [0.25, 0.3) is 0 Å². The zero-order chi connectivity index (χ0) is 40.5. The molecular formula is C58H39N3. The van der Waals surface area contributed by atoms with Gasteiger partial charge in [0.2, 0.25) is 0 Å². The highest BCUT2D eigenvalue weighted by Gasteiger charge is 2.21. The maximum Gasteiger partial charge on any atom is 0.160 e. The van der Waals surface area contributed by atoms with Crippen LogP contribution in [0.3, 0.4) is 0 Å². The van der Waals surface area contributed by atoms with Gasteiger partial charge in [0.1, 0.15) is 5.52 Å². The molecule has 11 aromatic rings. The van der Waals surface area contributed by atoms with Crippen molar-refractivity contribution < 1.29 is 0 Å². The van der Waals surface area contributed by atoms with Gasteiger partial charge in [-0.05, 0) is 104 Å². The molecule has 0 radical (unpaired) electrons. The second kappa shape index (κ2) is 15.6. The summed E-state index contributed by atoms with van der Waals surface area (Å²) in [6.07, 6.45) is 0. The number of fused-ring (bicyclic) bond motifs is 3. The molecule has 61 heavy (non-hydrogen) atoms. The quantitative estimate of drug-likeness (QED) is 0.154. The lowest BCUT2D eigenvalue weighted by atomic mass is 9.91. The van der Waals surface area contributed by atoms with Gasteiger partial charge in [-0.25, -0.2) is 9.97 Å². The van der Waals surface area contributed by atoms with Crippen molar-refractivity contribution in [2.45, 2.75) is 0 Å². The van der Waals surface area contributed by atoms with Crippen molar-refractivity contribution in [1.82, 2.24) is 14.5 Å². The van der Waals surface area contributed by atoms with E-state index in [0.29, 0.717) is 5.82 Å². The number of hydrogen-bond acceptors (Lipinski definition) is 2. The highest BCUT2D eigenvalue weighted by Crippen LogP contribution is 2.40. The largest absolute Gasteiger partial charge is 0.306 e. The number of benzene rings is 9. The molecule has 0 N–H and O–H groups in total. The second-order valence-electron chi connectivity index (χ2n) is 15.4. The summed E-state index contributed by atoms with van der Waals surface area (Å²) in [6.45, 7) is 0. The fraction of sp³-hybridized carbons (Fsp3) is 0. The lowest BCUT2D eigenvalue weighted by molar-refractivity contribution is 1.15. The standard InChI is InChI=1S/C58H39N3/c1-5-17-40(18-6-1)42-31-33-43(34-32-42)45-23-15-24-46(35-45)50-37-49(41-19-7-2-8-20-41)38-51(39-50)47-25-16-26-48(36-47)58-59-55(44-21-9-3-10-22-44)57-56(60-58)53-29-13-14-30-54(53)61(57)52-27-11-4-12-28-52/h1-39H. The molecule has 0 aliphatic rings. The Morgan fingerprint density at radius 3 is 1.28 bits per heavy atom. The molecule has 0 fully saturated rings. The Balaban J connectivity index is 1.04. The number of nitrogens with zero attached hydrogens (tertiary/aromatic N) is 3. The van der Waals surface area contributed by atoms with E-state index in [9.17, 15) is 0 Å². The lowest BCUT2D eigenvalue weighted by Crippen LogP contribution is -1.99. The van der Waals surface area contributed by atoms with Gasteiger partial charge in [-0.15, -0.1) is 0 Å². The van der Waals surface area contributed by atoms with Crippen LogP contribution in [0.15, 0.2) is 237 Å². The smallest absolute Gasteiger partial charge is 0.160 e. The number of aromatic nitrogens is 3. The fourth-order valence-electron chi connectivity index (χ4n) is 8.58. The summed E-state index contributed by atoms with van der Waals surface area (Å²) < 4.78 is 2.30. The molecule has 0 unspecified atom stereocenters. The van der Waals surface area contributed by atoms with E-state index in [1.54, 1.807) is 0 Å².